The molecule has 2 aliphatic heterocycles. The Balaban J connectivity index is 1.81. The summed E-state index contributed by atoms with van der Waals surface area (Å²) in [5.74, 6) is 1.02. The number of hydrogen-bond acceptors (Lipinski definition) is 3. The molecule has 0 aromatic carbocycles. The highest BCUT2D eigenvalue weighted by Crippen LogP contribution is 2.13. The number of piperidine rings is 1. The Bertz CT molecular complexity index is 238. The predicted molar refractivity (Wildman–Crippen MR) is 64.3 cm³/mol. The van der Waals surface area contributed by atoms with Crippen LogP contribution in [0.5, 0.6) is 0 Å². The second-order valence-corrected chi connectivity index (χ2v) is 5.12. The lowest BCUT2D eigenvalue weighted by atomic mass is 9.99. The van der Waals surface area contributed by atoms with E-state index >= 15 is 0 Å². The number of hydrogen-bond donors (Lipinski definition) is 1. The molecule has 2 aliphatic rings. The highest BCUT2D eigenvalue weighted by molar-refractivity contribution is 5.78. The van der Waals surface area contributed by atoms with Gasteiger partial charge in [-0.2, -0.15) is 0 Å². The summed E-state index contributed by atoms with van der Waals surface area (Å²) in [6.07, 6.45) is 3.71. The maximum absolute atomic E-state index is 11.7. The third-order valence-electron chi connectivity index (χ3n) is 3.67. The van der Waals surface area contributed by atoms with Crippen molar-refractivity contribution in [2.45, 2.75) is 19.3 Å². The molecule has 0 radical (unpaired) electrons. The zero-order valence-electron chi connectivity index (χ0n) is 10.2. The van der Waals surface area contributed by atoms with E-state index in [0.29, 0.717) is 6.54 Å². The van der Waals surface area contributed by atoms with Gasteiger partial charge < -0.3 is 10.2 Å². The van der Waals surface area contributed by atoms with Gasteiger partial charge in [-0.05, 0) is 38.3 Å². The van der Waals surface area contributed by atoms with Crippen molar-refractivity contribution in [2.24, 2.45) is 5.92 Å². The Labute approximate surface area is 98.0 Å². The molecular weight excluding hydrogens is 202 g/mol. The van der Waals surface area contributed by atoms with E-state index in [1.54, 1.807) is 0 Å². The minimum absolute atomic E-state index is 0.279. The molecule has 0 aliphatic carbocycles. The Kier molecular flexibility index (Phi) is 4.18. The van der Waals surface area contributed by atoms with E-state index in [-0.39, 0.29) is 5.91 Å². The number of carbonyl (C=O) groups excluding carboxylic acids is 1. The number of carbonyl (C=O) groups is 1. The van der Waals surface area contributed by atoms with Crippen LogP contribution in [0.1, 0.15) is 19.3 Å². The third-order valence-corrected chi connectivity index (χ3v) is 3.67. The van der Waals surface area contributed by atoms with Crippen molar-refractivity contribution < 1.29 is 4.79 Å². The monoisotopic (exact) mass is 225 g/mol. The first-order valence-electron chi connectivity index (χ1n) is 6.43. The lowest BCUT2D eigenvalue weighted by Crippen LogP contribution is -2.41. The Hall–Kier alpha value is -0.610. The van der Waals surface area contributed by atoms with Crippen molar-refractivity contribution in [1.29, 1.82) is 0 Å². The fourth-order valence-corrected chi connectivity index (χ4v) is 2.65. The summed E-state index contributed by atoms with van der Waals surface area (Å²) in [5, 5.41) is 3.44. The summed E-state index contributed by atoms with van der Waals surface area (Å²) >= 11 is 0. The molecule has 4 heteroatoms. The first kappa shape index (κ1) is 11.9. The third kappa shape index (κ3) is 3.19. The van der Waals surface area contributed by atoms with Crippen molar-refractivity contribution in [3.63, 3.8) is 0 Å². The molecule has 1 amide bonds. The van der Waals surface area contributed by atoms with Crippen molar-refractivity contribution in [1.82, 2.24) is 15.1 Å². The van der Waals surface area contributed by atoms with Gasteiger partial charge in [0.1, 0.15) is 0 Å². The fraction of sp³-hybridized carbons (Fsp3) is 0.917. The molecular formula is C12H23N3O. The summed E-state index contributed by atoms with van der Waals surface area (Å²) in [6, 6.07) is 0. The highest BCUT2D eigenvalue weighted by Gasteiger charge is 2.22. The smallest absolute Gasteiger partial charge is 0.236 e. The van der Waals surface area contributed by atoms with Gasteiger partial charge in [-0.15, -0.1) is 0 Å². The van der Waals surface area contributed by atoms with E-state index in [9.17, 15) is 4.79 Å². The normalized spacial score (nSPS) is 29.2. The molecule has 0 spiro atoms. The molecule has 2 heterocycles. The Morgan fingerprint density at radius 2 is 2.25 bits per heavy atom. The standard InChI is InChI=1S/C12H23N3O/c1-14-6-3-7-15(10-12(14)16)9-11-4-2-5-13-8-11/h11,13H,2-10H2,1H3. The first-order chi connectivity index (χ1) is 7.75. The van der Waals surface area contributed by atoms with Gasteiger partial charge in [0.05, 0.1) is 6.54 Å². The molecule has 0 bridgehead atoms. The van der Waals surface area contributed by atoms with Crippen LogP contribution < -0.4 is 5.32 Å². The molecule has 0 aromatic heterocycles. The van der Waals surface area contributed by atoms with Gasteiger partial charge in [0.15, 0.2) is 0 Å². The van der Waals surface area contributed by atoms with E-state index in [2.05, 4.69) is 10.2 Å². The van der Waals surface area contributed by atoms with Crippen molar-refractivity contribution >= 4 is 5.91 Å². The largest absolute Gasteiger partial charge is 0.345 e. The van der Waals surface area contributed by atoms with Crippen LogP contribution in [0, 0.1) is 5.92 Å². The molecule has 0 saturated carbocycles. The van der Waals surface area contributed by atoms with Gasteiger partial charge in [-0.25, -0.2) is 0 Å². The van der Waals surface area contributed by atoms with Crippen LogP contribution in [0.3, 0.4) is 0 Å². The van der Waals surface area contributed by atoms with Gasteiger partial charge in [0.25, 0.3) is 0 Å². The van der Waals surface area contributed by atoms with Gasteiger partial charge in [0, 0.05) is 26.7 Å². The Morgan fingerprint density at radius 3 is 3.00 bits per heavy atom. The minimum atomic E-state index is 0.279. The molecule has 1 N–H and O–H groups in total. The summed E-state index contributed by atoms with van der Waals surface area (Å²) < 4.78 is 0. The van der Waals surface area contributed by atoms with Crippen LogP contribution in [0.15, 0.2) is 0 Å². The number of amides is 1. The summed E-state index contributed by atoms with van der Waals surface area (Å²) in [5.41, 5.74) is 0. The number of nitrogens with zero attached hydrogens (tertiary/aromatic N) is 2. The van der Waals surface area contributed by atoms with Crippen LogP contribution in [0.2, 0.25) is 0 Å². The van der Waals surface area contributed by atoms with Gasteiger partial charge in [0.2, 0.25) is 5.91 Å². The number of nitrogens with one attached hydrogen (secondary N) is 1. The zero-order chi connectivity index (χ0) is 11.4. The van der Waals surface area contributed by atoms with E-state index in [1.165, 1.54) is 12.8 Å². The van der Waals surface area contributed by atoms with E-state index in [4.69, 9.17) is 0 Å². The molecule has 16 heavy (non-hydrogen) atoms. The van der Waals surface area contributed by atoms with Crippen molar-refractivity contribution in [2.75, 3.05) is 46.3 Å². The summed E-state index contributed by atoms with van der Waals surface area (Å²) in [4.78, 5) is 15.9. The van der Waals surface area contributed by atoms with E-state index in [1.807, 2.05) is 11.9 Å². The second-order valence-electron chi connectivity index (χ2n) is 5.12. The summed E-state index contributed by atoms with van der Waals surface area (Å²) in [7, 11) is 1.91. The van der Waals surface area contributed by atoms with Gasteiger partial charge in [-0.3, -0.25) is 9.69 Å². The van der Waals surface area contributed by atoms with Gasteiger partial charge in [-0.1, -0.05) is 0 Å². The average Bonchev–Trinajstić information content (AvgIpc) is 2.43. The van der Waals surface area contributed by atoms with Crippen molar-refractivity contribution in [3.05, 3.63) is 0 Å². The SMILES string of the molecule is CN1CCCN(CC2CCCNC2)CC1=O. The van der Waals surface area contributed by atoms with E-state index in [0.717, 1.165) is 45.1 Å². The Morgan fingerprint density at radius 1 is 1.38 bits per heavy atom. The average molecular weight is 225 g/mol. The van der Waals surface area contributed by atoms with Crippen LogP contribution in [0.4, 0.5) is 0 Å². The molecule has 92 valence electrons. The molecule has 2 saturated heterocycles. The lowest BCUT2D eigenvalue weighted by molar-refractivity contribution is -0.130. The topological polar surface area (TPSA) is 35.6 Å². The molecule has 4 nitrogen and oxygen atoms in total. The molecule has 2 fully saturated rings. The maximum Gasteiger partial charge on any atom is 0.236 e. The number of likely N-dealkylation sites (N-methyl/N-ethyl adjacent to an activating group) is 1. The van der Waals surface area contributed by atoms with E-state index < -0.39 is 0 Å². The first-order valence-corrected chi connectivity index (χ1v) is 6.43. The predicted octanol–water partition coefficient (Wildman–Crippen LogP) is 0.150. The van der Waals surface area contributed by atoms with Crippen LogP contribution in [-0.4, -0.2) is 62.0 Å². The maximum atomic E-state index is 11.7. The summed E-state index contributed by atoms with van der Waals surface area (Å²) in [6.45, 7) is 5.99. The van der Waals surface area contributed by atoms with Crippen LogP contribution in [0.25, 0.3) is 0 Å². The molecule has 1 unspecified atom stereocenters. The van der Waals surface area contributed by atoms with Crippen LogP contribution >= 0.6 is 0 Å². The second kappa shape index (κ2) is 5.64. The van der Waals surface area contributed by atoms with Gasteiger partial charge >= 0.3 is 0 Å². The molecule has 2 rings (SSSR count). The number of rotatable bonds is 2. The highest BCUT2D eigenvalue weighted by atomic mass is 16.2. The minimum Gasteiger partial charge on any atom is -0.345 e. The quantitative estimate of drug-likeness (QED) is 0.726. The molecule has 0 aromatic rings. The van der Waals surface area contributed by atoms with Crippen molar-refractivity contribution in [3.8, 4) is 0 Å². The van der Waals surface area contributed by atoms with Crippen LogP contribution in [-0.2, 0) is 4.79 Å². The molecule has 1 atom stereocenters. The fourth-order valence-electron chi connectivity index (χ4n) is 2.65. The lowest BCUT2D eigenvalue weighted by Gasteiger charge is -2.28. The zero-order valence-corrected chi connectivity index (χ0v) is 10.2.